The molecule has 8 heteroatoms. The smallest absolute Gasteiger partial charge is 0.191 e. The third kappa shape index (κ3) is 5.01. The van der Waals surface area contributed by atoms with E-state index in [9.17, 15) is 0 Å². The minimum absolute atomic E-state index is 0.0148. The van der Waals surface area contributed by atoms with E-state index < -0.39 is 0 Å². The Morgan fingerprint density at radius 3 is 2.65 bits per heavy atom. The molecule has 1 aromatic carbocycles. The van der Waals surface area contributed by atoms with Crippen LogP contribution in [0.4, 0.5) is 5.13 Å². The van der Waals surface area contributed by atoms with Gasteiger partial charge in [-0.1, -0.05) is 0 Å². The molecule has 1 heterocycles. The van der Waals surface area contributed by atoms with Crippen molar-refractivity contribution < 1.29 is 9.47 Å². The van der Waals surface area contributed by atoms with Gasteiger partial charge in [-0.2, -0.15) is 0 Å². The molecule has 0 radical (unpaired) electrons. The van der Waals surface area contributed by atoms with Gasteiger partial charge in [-0.25, -0.2) is 4.98 Å². The lowest BCUT2D eigenvalue weighted by Crippen LogP contribution is -2.38. The molecular weight excluding hydrogens is 350 g/mol. The largest absolute Gasteiger partial charge is 0.497 e. The molecule has 142 valence electrons. The minimum atomic E-state index is -0.0148. The molecule has 1 unspecified atom stereocenters. The Morgan fingerprint density at radius 1 is 1.31 bits per heavy atom. The van der Waals surface area contributed by atoms with E-state index in [0.29, 0.717) is 12.5 Å². The Bertz CT molecular complexity index is 745. The molecule has 0 aliphatic carbocycles. The number of rotatable bonds is 7. The van der Waals surface area contributed by atoms with Crippen LogP contribution in [-0.2, 0) is 6.54 Å². The fourth-order valence-electron chi connectivity index (χ4n) is 2.41. The number of thiazole rings is 1. The molecule has 2 rings (SSSR count). The zero-order valence-electron chi connectivity index (χ0n) is 16.2. The Morgan fingerprint density at radius 2 is 2.08 bits per heavy atom. The van der Waals surface area contributed by atoms with Gasteiger partial charge in [0.1, 0.15) is 11.5 Å². The summed E-state index contributed by atoms with van der Waals surface area (Å²) >= 11 is 1.62. The number of guanidine groups is 1. The molecule has 0 saturated carbocycles. The maximum Gasteiger partial charge on any atom is 0.191 e. The first-order chi connectivity index (χ1) is 12.5. The van der Waals surface area contributed by atoms with E-state index >= 15 is 0 Å². The van der Waals surface area contributed by atoms with Gasteiger partial charge in [0, 0.05) is 32.1 Å². The van der Waals surface area contributed by atoms with Gasteiger partial charge in [-0.3, -0.25) is 4.99 Å². The van der Waals surface area contributed by atoms with Crippen LogP contribution in [0.2, 0.25) is 0 Å². The number of anilines is 1. The average molecular weight is 378 g/mol. The summed E-state index contributed by atoms with van der Waals surface area (Å²) in [7, 11) is 9.03. The van der Waals surface area contributed by atoms with E-state index in [1.54, 1.807) is 32.6 Å². The number of nitrogens with zero attached hydrogens (tertiary/aromatic N) is 3. The first-order valence-electron chi connectivity index (χ1n) is 8.29. The third-order valence-electron chi connectivity index (χ3n) is 3.84. The van der Waals surface area contributed by atoms with Crippen LogP contribution in [0.5, 0.6) is 11.5 Å². The van der Waals surface area contributed by atoms with Crippen molar-refractivity contribution >= 4 is 22.4 Å². The Kier molecular flexibility index (Phi) is 7.08. The maximum absolute atomic E-state index is 5.47. The van der Waals surface area contributed by atoms with Crippen LogP contribution in [0.3, 0.4) is 0 Å². The molecule has 1 atom stereocenters. The van der Waals surface area contributed by atoms with Crippen molar-refractivity contribution in [3.63, 3.8) is 0 Å². The van der Waals surface area contributed by atoms with E-state index in [1.165, 1.54) is 0 Å². The second-order valence-corrected chi connectivity index (χ2v) is 6.75. The van der Waals surface area contributed by atoms with Crippen LogP contribution in [0, 0.1) is 0 Å². The van der Waals surface area contributed by atoms with E-state index in [2.05, 4.69) is 27.5 Å². The van der Waals surface area contributed by atoms with E-state index in [0.717, 1.165) is 27.9 Å². The highest BCUT2D eigenvalue weighted by atomic mass is 32.1. The van der Waals surface area contributed by atoms with Crippen molar-refractivity contribution in [3.8, 4) is 11.5 Å². The summed E-state index contributed by atoms with van der Waals surface area (Å²) in [6.07, 6.45) is 0. The van der Waals surface area contributed by atoms with Gasteiger partial charge in [-0.15, -0.1) is 11.3 Å². The Balaban J connectivity index is 2.02. The lowest BCUT2D eigenvalue weighted by Gasteiger charge is -2.20. The normalized spacial score (nSPS) is 12.5. The quantitative estimate of drug-likeness (QED) is 0.571. The molecule has 0 aliphatic heterocycles. The van der Waals surface area contributed by atoms with Gasteiger partial charge < -0.3 is 25.0 Å². The van der Waals surface area contributed by atoms with E-state index in [1.807, 2.05) is 42.6 Å². The van der Waals surface area contributed by atoms with Crippen LogP contribution in [-0.4, -0.2) is 46.3 Å². The highest BCUT2D eigenvalue weighted by Crippen LogP contribution is 2.29. The number of ether oxygens (including phenoxy) is 2. The van der Waals surface area contributed by atoms with Crippen LogP contribution in [0.15, 0.2) is 28.6 Å². The van der Waals surface area contributed by atoms with Crippen molar-refractivity contribution in [1.29, 1.82) is 0 Å². The summed E-state index contributed by atoms with van der Waals surface area (Å²) in [4.78, 5) is 10.9. The van der Waals surface area contributed by atoms with Crippen molar-refractivity contribution in [2.24, 2.45) is 4.99 Å². The molecule has 26 heavy (non-hydrogen) atoms. The standard InChI is InChI=1S/C18H27N5O2S/c1-12(15-9-14(24-5)7-8-16(15)25-6)21-17(19-2)20-10-13-11-26-18(22-13)23(3)4/h7-9,11-12H,10H2,1-6H3,(H2,19,20,21). The second kappa shape index (κ2) is 9.28. The van der Waals surface area contributed by atoms with E-state index in [4.69, 9.17) is 9.47 Å². The monoisotopic (exact) mass is 377 g/mol. The number of hydrogen-bond acceptors (Lipinski definition) is 6. The minimum Gasteiger partial charge on any atom is -0.497 e. The summed E-state index contributed by atoms with van der Waals surface area (Å²) in [5, 5.41) is 9.71. The highest BCUT2D eigenvalue weighted by molar-refractivity contribution is 7.13. The fourth-order valence-corrected chi connectivity index (χ4v) is 3.17. The van der Waals surface area contributed by atoms with Crippen molar-refractivity contribution in [3.05, 3.63) is 34.8 Å². The molecule has 0 bridgehead atoms. The van der Waals surface area contributed by atoms with Gasteiger partial charge in [-0.05, 0) is 25.1 Å². The molecule has 0 aliphatic rings. The first-order valence-corrected chi connectivity index (χ1v) is 9.17. The zero-order chi connectivity index (χ0) is 19.1. The fraction of sp³-hybridized carbons (Fsp3) is 0.444. The van der Waals surface area contributed by atoms with Gasteiger partial charge in [0.05, 0.1) is 32.5 Å². The molecule has 0 saturated heterocycles. The summed E-state index contributed by atoms with van der Waals surface area (Å²) < 4.78 is 10.8. The van der Waals surface area contributed by atoms with Crippen molar-refractivity contribution in [2.75, 3.05) is 40.3 Å². The predicted molar refractivity (Wildman–Crippen MR) is 108 cm³/mol. The maximum atomic E-state index is 5.47. The number of aliphatic imine (C=N–C) groups is 1. The second-order valence-electron chi connectivity index (χ2n) is 5.92. The lowest BCUT2D eigenvalue weighted by atomic mass is 10.1. The molecule has 0 fully saturated rings. The first kappa shape index (κ1) is 19.8. The Labute approximate surface area is 159 Å². The predicted octanol–water partition coefficient (Wildman–Crippen LogP) is 2.65. The molecule has 2 N–H and O–H groups in total. The third-order valence-corrected chi connectivity index (χ3v) is 4.90. The molecular formula is C18H27N5O2S. The van der Waals surface area contributed by atoms with Crippen LogP contribution >= 0.6 is 11.3 Å². The average Bonchev–Trinajstić information content (AvgIpc) is 3.13. The molecule has 7 nitrogen and oxygen atoms in total. The number of nitrogens with one attached hydrogen (secondary N) is 2. The number of hydrogen-bond donors (Lipinski definition) is 2. The van der Waals surface area contributed by atoms with E-state index in [-0.39, 0.29) is 6.04 Å². The van der Waals surface area contributed by atoms with Gasteiger partial charge in [0.15, 0.2) is 11.1 Å². The van der Waals surface area contributed by atoms with Gasteiger partial charge >= 0.3 is 0 Å². The summed E-state index contributed by atoms with van der Waals surface area (Å²) in [5.74, 6) is 2.29. The number of aromatic nitrogens is 1. The molecule has 0 spiro atoms. The Hall–Kier alpha value is -2.48. The van der Waals surface area contributed by atoms with Crippen molar-refractivity contribution in [1.82, 2.24) is 15.6 Å². The van der Waals surface area contributed by atoms with Crippen LogP contribution in [0.1, 0.15) is 24.2 Å². The molecule has 1 aromatic heterocycles. The lowest BCUT2D eigenvalue weighted by molar-refractivity contribution is 0.394. The van der Waals surface area contributed by atoms with Gasteiger partial charge in [0.25, 0.3) is 0 Å². The van der Waals surface area contributed by atoms with Crippen LogP contribution in [0.25, 0.3) is 0 Å². The topological polar surface area (TPSA) is 71.0 Å². The summed E-state index contributed by atoms with van der Waals surface area (Å²) in [6, 6.07) is 5.74. The van der Waals surface area contributed by atoms with Crippen LogP contribution < -0.4 is 25.0 Å². The van der Waals surface area contributed by atoms with Crippen molar-refractivity contribution in [2.45, 2.75) is 19.5 Å². The van der Waals surface area contributed by atoms with Gasteiger partial charge in [0.2, 0.25) is 0 Å². The number of benzene rings is 1. The molecule has 2 aromatic rings. The molecule has 0 amide bonds. The summed E-state index contributed by atoms with van der Waals surface area (Å²) in [5.41, 5.74) is 1.98. The number of methoxy groups -OCH3 is 2. The zero-order valence-corrected chi connectivity index (χ0v) is 17.0. The SMILES string of the molecule is CN=C(NCc1csc(N(C)C)n1)NC(C)c1cc(OC)ccc1OC. The summed E-state index contributed by atoms with van der Waals surface area (Å²) in [6.45, 7) is 2.66. The highest BCUT2D eigenvalue weighted by Gasteiger charge is 2.14.